The molecule has 3 nitrogen and oxygen atoms in total. The minimum Gasteiger partial charge on any atom is -0.295 e. The third-order valence-corrected chi connectivity index (χ3v) is 5.45. The Hall–Kier alpha value is -2.46. The van der Waals surface area contributed by atoms with Crippen LogP contribution in [0.1, 0.15) is 39.7 Å². The van der Waals surface area contributed by atoms with Gasteiger partial charge in [-0.25, -0.2) is 4.98 Å². The fourth-order valence-electron chi connectivity index (χ4n) is 3.03. The maximum Gasteiger partial charge on any atom is 0.194 e. The molecule has 2 heterocycles. The van der Waals surface area contributed by atoms with Gasteiger partial charge in [-0.1, -0.05) is 24.3 Å². The van der Waals surface area contributed by atoms with E-state index in [0.717, 1.165) is 22.5 Å². The normalized spacial score (nSPS) is 11.5. The monoisotopic (exact) mass is 334 g/mol. The van der Waals surface area contributed by atoms with Crippen molar-refractivity contribution in [2.75, 3.05) is 0 Å². The van der Waals surface area contributed by atoms with Crippen molar-refractivity contribution in [3.63, 3.8) is 0 Å². The van der Waals surface area contributed by atoms with E-state index >= 15 is 0 Å². The molecule has 0 radical (unpaired) electrons. The number of hydrogen-bond donors (Lipinski definition) is 0. The second kappa shape index (κ2) is 5.56. The summed E-state index contributed by atoms with van der Waals surface area (Å²) < 4.78 is 2.26. The minimum absolute atomic E-state index is 0.103. The Balaban J connectivity index is 1.79. The molecular formula is C20H18N2OS. The van der Waals surface area contributed by atoms with Crippen LogP contribution in [0.15, 0.2) is 41.8 Å². The number of thiazole rings is 1. The van der Waals surface area contributed by atoms with Gasteiger partial charge in [0, 0.05) is 23.1 Å². The molecule has 0 saturated heterocycles. The van der Waals surface area contributed by atoms with Crippen LogP contribution in [0.25, 0.3) is 16.0 Å². The summed E-state index contributed by atoms with van der Waals surface area (Å²) >= 11 is 1.68. The van der Waals surface area contributed by atoms with Crippen LogP contribution in [0.2, 0.25) is 0 Å². The Morgan fingerprint density at radius 2 is 1.83 bits per heavy atom. The molecule has 120 valence electrons. The Morgan fingerprint density at radius 1 is 1.12 bits per heavy atom. The van der Waals surface area contributed by atoms with E-state index in [9.17, 15) is 4.79 Å². The molecule has 0 aliphatic heterocycles. The number of benzene rings is 2. The average Bonchev–Trinajstić information content (AvgIpc) is 3.09. The average molecular weight is 334 g/mol. The minimum atomic E-state index is 0.103. The van der Waals surface area contributed by atoms with Gasteiger partial charge in [-0.3, -0.25) is 9.20 Å². The summed E-state index contributed by atoms with van der Waals surface area (Å²) in [5.74, 6) is 0.103. The fraction of sp³-hybridized carbons (Fsp3) is 0.200. The third kappa shape index (κ3) is 2.43. The van der Waals surface area contributed by atoms with E-state index in [1.165, 1.54) is 27.9 Å². The van der Waals surface area contributed by atoms with Crippen molar-refractivity contribution in [1.82, 2.24) is 9.38 Å². The van der Waals surface area contributed by atoms with Crippen LogP contribution < -0.4 is 0 Å². The van der Waals surface area contributed by atoms with Crippen LogP contribution in [0.3, 0.4) is 0 Å². The Bertz CT molecular complexity index is 1070. The lowest BCUT2D eigenvalue weighted by Crippen LogP contribution is -1.96. The standard InChI is InChI=1S/C20H18N2OS/c1-12-8-18-19(9-13(12)2)22-17(11-24-20(22)21-18)10-15-4-6-16(7-5-15)14(3)23/h4-9,11H,10H2,1-3H3. The van der Waals surface area contributed by atoms with Crippen molar-refractivity contribution in [2.24, 2.45) is 0 Å². The Kier molecular flexibility index (Phi) is 3.50. The number of carbonyl (C=O) groups excluding carboxylic acids is 1. The number of rotatable bonds is 3. The molecule has 0 saturated carbocycles. The quantitative estimate of drug-likeness (QED) is 0.496. The van der Waals surface area contributed by atoms with E-state index in [4.69, 9.17) is 4.98 Å². The van der Waals surface area contributed by atoms with Crippen LogP contribution in [-0.2, 0) is 6.42 Å². The highest BCUT2D eigenvalue weighted by atomic mass is 32.1. The molecule has 2 aromatic heterocycles. The topological polar surface area (TPSA) is 34.4 Å². The zero-order chi connectivity index (χ0) is 16.8. The van der Waals surface area contributed by atoms with Gasteiger partial charge in [0.25, 0.3) is 0 Å². The van der Waals surface area contributed by atoms with Crippen molar-refractivity contribution >= 4 is 33.1 Å². The number of carbonyl (C=O) groups is 1. The van der Waals surface area contributed by atoms with Crippen LogP contribution in [0, 0.1) is 13.8 Å². The molecule has 4 rings (SSSR count). The summed E-state index contributed by atoms with van der Waals surface area (Å²) in [5, 5.41) is 2.18. The van der Waals surface area contributed by atoms with Gasteiger partial charge in [0.15, 0.2) is 10.7 Å². The highest BCUT2D eigenvalue weighted by Gasteiger charge is 2.12. The molecule has 0 spiro atoms. The lowest BCUT2D eigenvalue weighted by atomic mass is 10.1. The number of Topliss-reactive ketones (excluding diaryl/α,β-unsaturated/α-hetero) is 1. The molecule has 0 fully saturated rings. The molecule has 4 heteroatoms. The Labute approximate surface area is 144 Å². The molecule has 0 bridgehead atoms. The van der Waals surface area contributed by atoms with E-state index in [2.05, 4.69) is 35.8 Å². The van der Waals surface area contributed by atoms with E-state index in [0.29, 0.717) is 0 Å². The van der Waals surface area contributed by atoms with E-state index in [1.54, 1.807) is 18.3 Å². The van der Waals surface area contributed by atoms with Gasteiger partial charge in [0.1, 0.15) is 0 Å². The third-order valence-electron chi connectivity index (χ3n) is 4.57. The number of aromatic nitrogens is 2. The molecule has 0 N–H and O–H groups in total. The first-order valence-corrected chi connectivity index (χ1v) is 8.86. The number of fused-ring (bicyclic) bond motifs is 3. The SMILES string of the molecule is CC(=O)c1ccc(Cc2csc3nc4cc(C)c(C)cc4n23)cc1. The smallest absolute Gasteiger partial charge is 0.194 e. The molecule has 2 aromatic carbocycles. The summed E-state index contributed by atoms with van der Waals surface area (Å²) in [4.78, 5) is 17.2. The van der Waals surface area contributed by atoms with Crippen LogP contribution in [0.4, 0.5) is 0 Å². The van der Waals surface area contributed by atoms with Crippen LogP contribution in [-0.4, -0.2) is 15.2 Å². The maximum atomic E-state index is 11.4. The lowest BCUT2D eigenvalue weighted by Gasteiger charge is -2.04. The first-order valence-electron chi connectivity index (χ1n) is 7.98. The van der Waals surface area contributed by atoms with Gasteiger partial charge < -0.3 is 0 Å². The molecule has 24 heavy (non-hydrogen) atoms. The molecule has 0 amide bonds. The molecular weight excluding hydrogens is 316 g/mol. The van der Waals surface area contributed by atoms with E-state index in [-0.39, 0.29) is 5.78 Å². The maximum absolute atomic E-state index is 11.4. The first-order chi connectivity index (χ1) is 11.5. The molecule has 0 aliphatic rings. The number of nitrogens with zero attached hydrogens (tertiary/aromatic N) is 2. The highest BCUT2D eigenvalue weighted by Crippen LogP contribution is 2.27. The number of aryl methyl sites for hydroxylation is 2. The van der Waals surface area contributed by atoms with Gasteiger partial charge >= 0.3 is 0 Å². The second-order valence-electron chi connectivity index (χ2n) is 6.31. The second-order valence-corrected chi connectivity index (χ2v) is 7.15. The van der Waals surface area contributed by atoms with Crippen LogP contribution in [0.5, 0.6) is 0 Å². The lowest BCUT2D eigenvalue weighted by molar-refractivity contribution is 0.101. The number of imidazole rings is 1. The predicted octanol–water partition coefficient (Wildman–Crippen LogP) is 4.96. The number of ketones is 1. The van der Waals surface area contributed by atoms with Gasteiger partial charge in [0.2, 0.25) is 0 Å². The van der Waals surface area contributed by atoms with Crippen molar-refractivity contribution in [2.45, 2.75) is 27.2 Å². The largest absolute Gasteiger partial charge is 0.295 e. The summed E-state index contributed by atoms with van der Waals surface area (Å²) in [6.45, 7) is 5.86. The number of hydrogen-bond acceptors (Lipinski definition) is 3. The highest BCUT2D eigenvalue weighted by molar-refractivity contribution is 7.15. The molecule has 4 aromatic rings. The first kappa shape index (κ1) is 15.1. The molecule has 0 aliphatic carbocycles. The summed E-state index contributed by atoms with van der Waals surface area (Å²) in [6, 6.07) is 12.3. The summed E-state index contributed by atoms with van der Waals surface area (Å²) in [6.07, 6.45) is 0.830. The summed E-state index contributed by atoms with van der Waals surface area (Å²) in [5.41, 5.74) is 7.97. The summed E-state index contributed by atoms with van der Waals surface area (Å²) in [7, 11) is 0. The zero-order valence-corrected chi connectivity index (χ0v) is 14.8. The molecule has 0 unspecified atom stereocenters. The zero-order valence-electron chi connectivity index (χ0n) is 14.0. The Morgan fingerprint density at radius 3 is 2.54 bits per heavy atom. The fourth-order valence-corrected chi connectivity index (χ4v) is 3.93. The van der Waals surface area contributed by atoms with Gasteiger partial charge in [-0.15, -0.1) is 11.3 Å². The predicted molar refractivity (Wildman–Crippen MR) is 99.3 cm³/mol. The van der Waals surface area contributed by atoms with Gasteiger partial charge in [-0.05, 0) is 49.6 Å². The van der Waals surface area contributed by atoms with Gasteiger partial charge in [0.05, 0.1) is 11.0 Å². The van der Waals surface area contributed by atoms with E-state index in [1.807, 2.05) is 24.3 Å². The van der Waals surface area contributed by atoms with Crippen molar-refractivity contribution in [3.05, 3.63) is 69.7 Å². The van der Waals surface area contributed by atoms with Crippen molar-refractivity contribution in [3.8, 4) is 0 Å². The van der Waals surface area contributed by atoms with E-state index < -0.39 is 0 Å². The van der Waals surface area contributed by atoms with Gasteiger partial charge in [-0.2, -0.15) is 0 Å². The van der Waals surface area contributed by atoms with Crippen molar-refractivity contribution in [1.29, 1.82) is 0 Å². The van der Waals surface area contributed by atoms with Crippen molar-refractivity contribution < 1.29 is 4.79 Å². The van der Waals surface area contributed by atoms with Crippen LogP contribution >= 0.6 is 11.3 Å². The molecule has 0 atom stereocenters.